The summed E-state index contributed by atoms with van der Waals surface area (Å²) in [6.45, 7) is 6.80. The van der Waals surface area contributed by atoms with Crippen LogP contribution in [0.1, 0.15) is 31.3 Å². The first kappa shape index (κ1) is 17.1. The highest BCUT2D eigenvalue weighted by molar-refractivity contribution is 7.16. The Hall–Kier alpha value is -1.73. The Bertz CT molecular complexity index is 757. The summed E-state index contributed by atoms with van der Waals surface area (Å²) in [5, 5.41) is 5.11. The number of carbonyl (C=O) groups excluding carboxylic acids is 1. The number of hydrogen-bond donors (Lipinski definition) is 0. The third kappa shape index (κ3) is 2.98. The highest BCUT2D eigenvalue weighted by Gasteiger charge is 2.32. The Morgan fingerprint density at radius 2 is 2.17 bits per heavy atom. The summed E-state index contributed by atoms with van der Waals surface area (Å²) in [6.07, 6.45) is 3.79. The summed E-state index contributed by atoms with van der Waals surface area (Å²) >= 11 is 1.61. The molecule has 0 atom stereocenters. The number of amides is 1. The summed E-state index contributed by atoms with van der Waals surface area (Å²) < 4.78 is 7.10. The molecular weight excluding hydrogens is 324 g/mol. The van der Waals surface area contributed by atoms with Crippen LogP contribution >= 0.6 is 11.3 Å². The minimum atomic E-state index is -0.459. The molecule has 1 aliphatic carbocycles. The van der Waals surface area contributed by atoms with Crippen LogP contribution in [0.25, 0.3) is 11.3 Å². The van der Waals surface area contributed by atoms with Gasteiger partial charge in [0.05, 0.1) is 25.0 Å². The van der Waals surface area contributed by atoms with Crippen molar-refractivity contribution in [2.45, 2.75) is 33.6 Å². The average molecular weight is 348 g/mol. The minimum absolute atomic E-state index is 0.0667. The molecule has 6 nitrogen and oxygen atoms in total. The van der Waals surface area contributed by atoms with E-state index in [0.717, 1.165) is 29.2 Å². The predicted molar refractivity (Wildman–Crippen MR) is 95.4 cm³/mol. The Kier molecular flexibility index (Phi) is 4.48. The maximum atomic E-state index is 12.9. The molecule has 2 aromatic heterocycles. The molecule has 0 bridgehead atoms. The molecule has 2 aromatic rings. The molecule has 7 heteroatoms. The van der Waals surface area contributed by atoms with E-state index < -0.39 is 5.41 Å². The third-order valence-corrected chi connectivity index (χ3v) is 5.37. The molecule has 130 valence electrons. The Balaban J connectivity index is 1.99. The molecule has 1 amide bonds. The second-order valence-corrected chi connectivity index (χ2v) is 8.16. The fourth-order valence-electron chi connectivity index (χ4n) is 2.90. The van der Waals surface area contributed by atoms with Gasteiger partial charge in [-0.15, -0.1) is 11.3 Å². The molecule has 0 radical (unpaired) electrons. The lowest BCUT2D eigenvalue weighted by atomic mass is 9.95. The van der Waals surface area contributed by atoms with Crippen LogP contribution in [0.3, 0.4) is 0 Å². The second kappa shape index (κ2) is 6.29. The fraction of sp³-hybridized carbons (Fsp3) is 0.588. The van der Waals surface area contributed by atoms with E-state index in [9.17, 15) is 4.79 Å². The van der Waals surface area contributed by atoms with Crippen molar-refractivity contribution in [3.8, 4) is 11.3 Å². The van der Waals surface area contributed by atoms with Gasteiger partial charge in [-0.2, -0.15) is 5.10 Å². The van der Waals surface area contributed by atoms with E-state index in [1.807, 2.05) is 38.7 Å². The van der Waals surface area contributed by atoms with Crippen molar-refractivity contribution in [1.82, 2.24) is 14.8 Å². The van der Waals surface area contributed by atoms with Gasteiger partial charge < -0.3 is 4.74 Å². The summed E-state index contributed by atoms with van der Waals surface area (Å²) in [6, 6.07) is 0. The molecular formula is C17H24N4O2S. The van der Waals surface area contributed by atoms with Crippen LogP contribution < -0.4 is 4.90 Å². The van der Waals surface area contributed by atoms with E-state index in [2.05, 4.69) is 5.10 Å². The summed E-state index contributed by atoms with van der Waals surface area (Å²) in [7, 11) is 3.61. The maximum Gasteiger partial charge on any atom is 0.234 e. The van der Waals surface area contributed by atoms with Gasteiger partial charge in [-0.25, -0.2) is 4.98 Å². The van der Waals surface area contributed by atoms with Gasteiger partial charge in [0.25, 0.3) is 0 Å². The van der Waals surface area contributed by atoms with Gasteiger partial charge in [0, 0.05) is 35.7 Å². The van der Waals surface area contributed by atoms with Crippen molar-refractivity contribution < 1.29 is 9.53 Å². The van der Waals surface area contributed by atoms with Gasteiger partial charge in [0.15, 0.2) is 5.13 Å². The topological polar surface area (TPSA) is 60.2 Å². The van der Waals surface area contributed by atoms with Crippen LogP contribution in [-0.2, 0) is 29.4 Å². The number of rotatable bonds is 4. The lowest BCUT2D eigenvalue weighted by Gasteiger charge is -2.27. The molecule has 0 aromatic carbocycles. The quantitative estimate of drug-likeness (QED) is 0.852. The van der Waals surface area contributed by atoms with Gasteiger partial charge >= 0.3 is 0 Å². The van der Waals surface area contributed by atoms with E-state index in [4.69, 9.17) is 9.72 Å². The number of carbonyl (C=O) groups is 1. The van der Waals surface area contributed by atoms with Crippen molar-refractivity contribution in [3.63, 3.8) is 0 Å². The zero-order valence-electron chi connectivity index (χ0n) is 14.9. The molecule has 0 aliphatic heterocycles. The largest absolute Gasteiger partial charge is 0.383 e. The number of anilines is 1. The predicted octanol–water partition coefficient (Wildman–Crippen LogP) is 2.67. The third-order valence-electron chi connectivity index (χ3n) is 4.23. The molecule has 1 aliphatic rings. The number of aryl methyl sites for hydroxylation is 2. The highest BCUT2D eigenvalue weighted by Crippen LogP contribution is 2.39. The van der Waals surface area contributed by atoms with Crippen molar-refractivity contribution in [3.05, 3.63) is 16.8 Å². The van der Waals surface area contributed by atoms with Crippen molar-refractivity contribution in [2.75, 3.05) is 25.2 Å². The van der Waals surface area contributed by atoms with Gasteiger partial charge in [-0.1, -0.05) is 20.8 Å². The van der Waals surface area contributed by atoms with Crippen molar-refractivity contribution >= 4 is 22.4 Å². The highest BCUT2D eigenvalue weighted by atomic mass is 32.1. The zero-order valence-corrected chi connectivity index (χ0v) is 15.7. The number of hydrogen-bond acceptors (Lipinski definition) is 5. The molecule has 0 unspecified atom stereocenters. The van der Waals surface area contributed by atoms with Crippen molar-refractivity contribution in [1.29, 1.82) is 0 Å². The molecule has 3 rings (SSSR count). The average Bonchev–Trinajstić information content (AvgIpc) is 3.10. The smallest absolute Gasteiger partial charge is 0.234 e. The number of methoxy groups -OCH3 is 1. The molecule has 0 saturated carbocycles. The standard InChI is InChI=1S/C17H24N4O2S/c1-17(2,3)15(22)21(8-9-23-5)16-19-14-11-10-18-20(4)12(11)6-7-13(14)24-16/h10H,6-9H2,1-5H3. The summed E-state index contributed by atoms with van der Waals surface area (Å²) in [4.78, 5) is 20.7. The Labute approximate surface area is 146 Å². The molecule has 0 fully saturated rings. The first-order valence-electron chi connectivity index (χ1n) is 8.14. The minimum Gasteiger partial charge on any atom is -0.383 e. The van der Waals surface area contributed by atoms with Crippen molar-refractivity contribution in [2.24, 2.45) is 12.5 Å². The Morgan fingerprint density at radius 3 is 2.83 bits per heavy atom. The number of aromatic nitrogens is 3. The summed E-state index contributed by atoms with van der Waals surface area (Å²) in [5.74, 6) is 0.0667. The van der Waals surface area contributed by atoms with E-state index in [1.54, 1.807) is 23.3 Å². The molecule has 0 spiro atoms. The van der Waals surface area contributed by atoms with E-state index in [1.165, 1.54) is 10.6 Å². The fourth-order valence-corrected chi connectivity index (χ4v) is 3.99. The van der Waals surface area contributed by atoms with Crippen LogP contribution in [0, 0.1) is 5.41 Å². The number of fused-ring (bicyclic) bond motifs is 3. The number of nitrogens with zero attached hydrogens (tertiary/aromatic N) is 4. The summed E-state index contributed by atoms with van der Waals surface area (Å²) in [5.41, 5.74) is 2.83. The zero-order chi connectivity index (χ0) is 17.5. The SMILES string of the molecule is COCCN(C(=O)C(C)(C)C)c1nc2c(s1)CCc1c-2cnn1C. The van der Waals surface area contributed by atoms with Gasteiger partial charge in [0.1, 0.15) is 0 Å². The Morgan fingerprint density at radius 1 is 1.42 bits per heavy atom. The normalized spacial score (nSPS) is 13.5. The molecule has 24 heavy (non-hydrogen) atoms. The van der Waals surface area contributed by atoms with Crippen LogP contribution in [0.15, 0.2) is 6.20 Å². The monoisotopic (exact) mass is 348 g/mol. The van der Waals surface area contributed by atoms with Crippen LogP contribution in [0.5, 0.6) is 0 Å². The number of thiazole rings is 1. The molecule has 0 N–H and O–H groups in total. The van der Waals surface area contributed by atoms with E-state index >= 15 is 0 Å². The number of ether oxygens (including phenoxy) is 1. The first-order valence-corrected chi connectivity index (χ1v) is 8.96. The maximum absolute atomic E-state index is 12.9. The van der Waals surface area contributed by atoms with Crippen LogP contribution in [0.4, 0.5) is 5.13 Å². The lowest BCUT2D eigenvalue weighted by Crippen LogP contribution is -2.41. The van der Waals surface area contributed by atoms with Gasteiger partial charge in [-0.05, 0) is 12.8 Å². The molecule has 2 heterocycles. The van der Waals surface area contributed by atoms with E-state index in [-0.39, 0.29) is 5.91 Å². The van der Waals surface area contributed by atoms with Gasteiger partial charge in [-0.3, -0.25) is 14.4 Å². The second-order valence-electron chi connectivity index (χ2n) is 7.10. The van der Waals surface area contributed by atoms with E-state index in [0.29, 0.717) is 13.2 Å². The van der Waals surface area contributed by atoms with Gasteiger partial charge in [0.2, 0.25) is 5.91 Å². The van der Waals surface area contributed by atoms with Crippen LogP contribution in [-0.4, -0.2) is 40.9 Å². The van der Waals surface area contributed by atoms with Crippen LogP contribution in [0.2, 0.25) is 0 Å². The molecule has 0 saturated heterocycles. The lowest BCUT2D eigenvalue weighted by molar-refractivity contribution is -0.125. The first-order chi connectivity index (χ1) is 11.3.